The Labute approximate surface area is 170 Å². The van der Waals surface area contributed by atoms with Crippen LogP contribution in [0.15, 0.2) is 24.3 Å². The molecule has 2 rings (SSSR count). The van der Waals surface area contributed by atoms with E-state index < -0.39 is 12.0 Å². The van der Waals surface area contributed by atoms with Crippen LogP contribution in [0.3, 0.4) is 0 Å². The van der Waals surface area contributed by atoms with Gasteiger partial charge in [0.15, 0.2) is 6.10 Å². The first kappa shape index (κ1) is 22.4. The van der Waals surface area contributed by atoms with Crippen LogP contribution in [0.1, 0.15) is 44.1 Å². The van der Waals surface area contributed by atoms with Crippen molar-refractivity contribution in [1.29, 1.82) is 0 Å². The molecule has 1 aromatic carbocycles. The zero-order chi connectivity index (χ0) is 21.6. The summed E-state index contributed by atoms with van der Waals surface area (Å²) in [7, 11) is 0. The van der Waals surface area contributed by atoms with E-state index in [0.717, 1.165) is 23.5 Å². The lowest BCUT2D eigenvalue weighted by Gasteiger charge is -2.15. The number of aryl methyl sites for hydroxylation is 1. The molecular weight excluding hydrogens is 375 g/mol. The summed E-state index contributed by atoms with van der Waals surface area (Å²) in [6.45, 7) is 10.6. The van der Waals surface area contributed by atoms with Crippen LogP contribution in [0.25, 0.3) is 0 Å². The van der Waals surface area contributed by atoms with Gasteiger partial charge in [0.05, 0.1) is 5.69 Å². The molecule has 0 radical (unpaired) electrons. The maximum atomic E-state index is 12.9. The number of hydrazine groups is 1. The van der Waals surface area contributed by atoms with Crippen LogP contribution in [0.5, 0.6) is 5.75 Å². The number of nitrogens with one attached hydrogen (secondary N) is 2. The molecular formula is C21H29FN4O3. The maximum Gasteiger partial charge on any atom is 0.279 e. The van der Waals surface area contributed by atoms with Crippen LogP contribution in [0.2, 0.25) is 0 Å². The van der Waals surface area contributed by atoms with Crippen molar-refractivity contribution < 1.29 is 18.7 Å². The minimum absolute atomic E-state index is 0.225. The number of hydrogen-bond acceptors (Lipinski definition) is 4. The number of aromatic nitrogens is 2. The minimum atomic E-state index is -0.848. The summed E-state index contributed by atoms with van der Waals surface area (Å²) in [5, 5.41) is 4.55. The lowest BCUT2D eigenvalue weighted by Crippen LogP contribution is -2.47. The summed E-state index contributed by atoms with van der Waals surface area (Å²) >= 11 is 0. The molecule has 1 aromatic heterocycles. The van der Waals surface area contributed by atoms with Crippen molar-refractivity contribution in [2.45, 2.75) is 60.1 Å². The predicted octanol–water partition coefficient (Wildman–Crippen LogP) is 2.84. The Bertz CT molecular complexity index is 846. The van der Waals surface area contributed by atoms with Gasteiger partial charge in [-0.15, -0.1) is 0 Å². The standard InChI is InChI=1S/C21H29FN4O3/c1-13(2)12-26-15(4)19(14(3)25-26)10-11-20(27)23-24-21(28)16(5)29-18-8-6-17(22)7-9-18/h6-9,13,16H,10-12H2,1-5H3,(H,23,27)(H,24,28). The van der Waals surface area contributed by atoms with Crippen molar-refractivity contribution in [1.82, 2.24) is 20.6 Å². The summed E-state index contributed by atoms with van der Waals surface area (Å²) in [5.41, 5.74) is 7.79. The molecule has 1 atom stereocenters. The highest BCUT2D eigenvalue weighted by atomic mass is 19.1. The molecule has 0 spiro atoms. The smallest absolute Gasteiger partial charge is 0.279 e. The van der Waals surface area contributed by atoms with Gasteiger partial charge in [0.1, 0.15) is 11.6 Å². The van der Waals surface area contributed by atoms with Crippen molar-refractivity contribution in [2.75, 3.05) is 0 Å². The molecule has 158 valence electrons. The van der Waals surface area contributed by atoms with Crippen LogP contribution in [-0.2, 0) is 22.6 Å². The summed E-state index contributed by atoms with van der Waals surface area (Å²) in [5.74, 6) is -0.340. The highest BCUT2D eigenvalue weighted by Gasteiger charge is 2.17. The van der Waals surface area contributed by atoms with E-state index in [0.29, 0.717) is 18.1 Å². The highest BCUT2D eigenvalue weighted by Crippen LogP contribution is 2.16. The van der Waals surface area contributed by atoms with Crippen molar-refractivity contribution >= 4 is 11.8 Å². The molecule has 0 saturated carbocycles. The number of benzene rings is 1. The number of carbonyl (C=O) groups excluding carboxylic acids is 2. The number of nitrogens with zero attached hydrogens (tertiary/aromatic N) is 2. The van der Waals surface area contributed by atoms with Gasteiger partial charge >= 0.3 is 0 Å². The van der Waals surface area contributed by atoms with Gasteiger partial charge in [-0.1, -0.05) is 13.8 Å². The van der Waals surface area contributed by atoms with Crippen molar-refractivity contribution in [3.63, 3.8) is 0 Å². The molecule has 2 N–H and O–H groups in total. The summed E-state index contributed by atoms with van der Waals surface area (Å²) < 4.78 is 20.3. The van der Waals surface area contributed by atoms with E-state index in [1.165, 1.54) is 24.3 Å². The normalized spacial score (nSPS) is 12.0. The van der Waals surface area contributed by atoms with Gasteiger partial charge in [0.25, 0.3) is 5.91 Å². The second-order valence-corrected chi connectivity index (χ2v) is 7.48. The molecule has 0 aliphatic heterocycles. The number of rotatable bonds is 8. The Balaban J connectivity index is 1.80. The largest absolute Gasteiger partial charge is 0.481 e. The summed E-state index contributed by atoms with van der Waals surface area (Å²) in [6.07, 6.45) is -0.0822. The molecule has 29 heavy (non-hydrogen) atoms. The molecule has 1 heterocycles. The molecule has 7 nitrogen and oxygen atoms in total. The van der Waals surface area contributed by atoms with Gasteiger partial charge in [0, 0.05) is 18.7 Å². The van der Waals surface area contributed by atoms with E-state index >= 15 is 0 Å². The van der Waals surface area contributed by atoms with E-state index in [4.69, 9.17) is 4.74 Å². The summed E-state index contributed by atoms with van der Waals surface area (Å²) in [4.78, 5) is 24.2. The number of amides is 2. The Hall–Kier alpha value is -2.90. The first-order chi connectivity index (χ1) is 13.7. The second-order valence-electron chi connectivity index (χ2n) is 7.48. The summed E-state index contributed by atoms with van der Waals surface area (Å²) in [6, 6.07) is 5.35. The Kier molecular flexibility index (Phi) is 7.75. The van der Waals surface area contributed by atoms with Gasteiger partial charge < -0.3 is 4.74 Å². The predicted molar refractivity (Wildman–Crippen MR) is 108 cm³/mol. The molecule has 0 fully saturated rings. The SMILES string of the molecule is Cc1nn(CC(C)C)c(C)c1CCC(=O)NNC(=O)C(C)Oc1ccc(F)cc1. The molecule has 0 saturated heterocycles. The monoisotopic (exact) mass is 404 g/mol. The zero-order valence-electron chi connectivity index (χ0n) is 17.6. The third-order valence-corrected chi connectivity index (χ3v) is 4.49. The lowest BCUT2D eigenvalue weighted by atomic mass is 10.1. The quantitative estimate of drug-likeness (QED) is 0.663. The van der Waals surface area contributed by atoms with E-state index in [1.54, 1.807) is 6.92 Å². The molecule has 0 bridgehead atoms. The lowest BCUT2D eigenvalue weighted by molar-refractivity contribution is -0.132. The molecule has 0 aliphatic rings. The van der Waals surface area contributed by atoms with Gasteiger partial charge in [-0.05, 0) is 62.9 Å². The number of halogens is 1. The first-order valence-electron chi connectivity index (χ1n) is 9.71. The molecule has 1 unspecified atom stereocenters. The average molecular weight is 404 g/mol. The van der Waals surface area contributed by atoms with E-state index in [1.807, 2.05) is 18.5 Å². The third-order valence-electron chi connectivity index (χ3n) is 4.49. The van der Waals surface area contributed by atoms with Crippen LogP contribution >= 0.6 is 0 Å². The molecule has 8 heteroatoms. The average Bonchev–Trinajstić information content (AvgIpc) is 2.92. The molecule has 2 amide bonds. The van der Waals surface area contributed by atoms with Gasteiger partial charge in [0.2, 0.25) is 5.91 Å². The van der Waals surface area contributed by atoms with Crippen LogP contribution in [-0.4, -0.2) is 27.7 Å². The van der Waals surface area contributed by atoms with Crippen LogP contribution < -0.4 is 15.6 Å². The molecule has 2 aromatic rings. The fourth-order valence-electron chi connectivity index (χ4n) is 2.92. The van der Waals surface area contributed by atoms with Gasteiger partial charge in [-0.3, -0.25) is 25.1 Å². The van der Waals surface area contributed by atoms with Crippen LogP contribution in [0, 0.1) is 25.6 Å². The Morgan fingerprint density at radius 2 is 1.79 bits per heavy atom. The first-order valence-corrected chi connectivity index (χ1v) is 9.71. The minimum Gasteiger partial charge on any atom is -0.481 e. The molecule has 0 aliphatic carbocycles. The number of ether oxygens (including phenoxy) is 1. The van der Waals surface area contributed by atoms with Crippen molar-refractivity contribution in [3.05, 3.63) is 47.0 Å². The Morgan fingerprint density at radius 3 is 2.41 bits per heavy atom. The van der Waals surface area contributed by atoms with Gasteiger partial charge in [-0.25, -0.2) is 4.39 Å². The third kappa shape index (κ3) is 6.58. The van der Waals surface area contributed by atoms with E-state index in [-0.39, 0.29) is 18.1 Å². The van der Waals surface area contributed by atoms with Crippen molar-refractivity contribution in [2.24, 2.45) is 5.92 Å². The fraction of sp³-hybridized carbons (Fsp3) is 0.476. The second kappa shape index (κ2) is 10.0. The Morgan fingerprint density at radius 1 is 1.14 bits per heavy atom. The van der Waals surface area contributed by atoms with Crippen molar-refractivity contribution in [3.8, 4) is 5.75 Å². The maximum absolute atomic E-state index is 12.9. The number of carbonyl (C=O) groups is 2. The van der Waals surface area contributed by atoms with E-state index in [2.05, 4.69) is 29.8 Å². The zero-order valence-corrected chi connectivity index (χ0v) is 17.6. The van der Waals surface area contributed by atoms with Gasteiger partial charge in [-0.2, -0.15) is 5.10 Å². The van der Waals surface area contributed by atoms with Crippen LogP contribution in [0.4, 0.5) is 4.39 Å². The number of hydrogen-bond donors (Lipinski definition) is 2. The fourth-order valence-corrected chi connectivity index (χ4v) is 2.92. The topological polar surface area (TPSA) is 85.3 Å². The highest BCUT2D eigenvalue weighted by molar-refractivity contribution is 5.84. The van der Waals surface area contributed by atoms with E-state index in [9.17, 15) is 14.0 Å².